The third-order valence-corrected chi connectivity index (χ3v) is 14.0. The zero-order valence-electron chi connectivity index (χ0n) is 33.1. The van der Waals surface area contributed by atoms with Gasteiger partial charge in [0.25, 0.3) is 0 Å². The van der Waals surface area contributed by atoms with Gasteiger partial charge in [-0.05, 0) is 86.8 Å². The van der Waals surface area contributed by atoms with Gasteiger partial charge in [-0.3, -0.25) is 9.69 Å². The second-order valence-electron chi connectivity index (χ2n) is 16.4. The van der Waals surface area contributed by atoms with Crippen molar-refractivity contribution in [2.45, 2.75) is 106 Å². The first kappa shape index (κ1) is 40.1. The fraction of sp³-hybridized carbons (Fsp3) is 0.595. The highest BCUT2D eigenvalue weighted by molar-refractivity contribution is 5.83. The van der Waals surface area contributed by atoms with Crippen molar-refractivity contribution in [3.8, 4) is 5.75 Å². The van der Waals surface area contributed by atoms with Gasteiger partial charge in [-0.25, -0.2) is 0 Å². The van der Waals surface area contributed by atoms with Crippen LogP contribution in [0.15, 0.2) is 59.9 Å². The van der Waals surface area contributed by atoms with E-state index in [4.69, 9.17) is 9.47 Å². The summed E-state index contributed by atoms with van der Waals surface area (Å²) < 4.78 is 11.4. The lowest BCUT2D eigenvalue weighted by atomic mass is 9.47. The Hall–Kier alpha value is -4.14. The number of benzene rings is 2. The second kappa shape index (κ2) is 15.3. The molecular weight excluding hydrogens is 715 g/mol. The summed E-state index contributed by atoms with van der Waals surface area (Å²) >= 11 is 0. The Morgan fingerprint density at radius 1 is 1.23 bits per heavy atom. The van der Waals surface area contributed by atoms with Crippen LogP contribution >= 0.6 is 0 Å². The van der Waals surface area contributed by atoms with Crippen LogP contribution in [0.1, 0.15) is 75.0 Å². The van der Waals surface area contributed by atoms with E-state index in [9.17, 15) is 30.8 Å². The van der Waals surface area contributed by atoms with Crippen molar-refractivity contribution in [2.24, 2.45) is 10.5 Å². The zero-order chi connectivity index (χ0) is 40.0. The molecule has 9 atom stereocenters. The number of ether oxygens (including phenoxy) is 2. The maximum absolute atomic E-state index is 13.7. The molecule has 1 aliphatic carbocycles. The molecule has 1 saturated heterocycles. The van der Waals surface area contributed by atoms with E-state index < -0.39 is 52.3 Å². The topological polar surface area (TPSA) is 200 Å². The Bertz CT molecular complexity index is 2020. The first-order valence-electron chi connectivity index (χ1n) is 20.0. The van der Waals surface area contributed by atoms with Gasteiger partial charge in [-0.2, -0.15) is 0 Å². The molecule has 0 bridgehead atoms. The van der Waals surface area contributed by atoms with Crippen molar-refractivity contribution in [1.29, 1.82) is 0 Å². The Morgan fingerprint density at radius 3 is 2.73 bits per heavy atom. The molecule has 2 fully saturated rings. The molecule has 6 N–H and O–H groups in total. The SMILES string of the molecule is CCC(O)(CCC[C@H](C(=O)OC)c1cc2c(cc1OC)N(C)[C@@H]1[C@]23CCN2CC=C[C@@](CC)([C@@H](O)[C@]1(O)C(O)N=[N+]=[N-])[C@H]23)CNCCc1c[nH]c2ccccc12. The molecule has 14 nitrogen and oxygen atoms in total. The van der Waals surface area contributed by atoms with Crippen molar-refractivity contribution in [1.82, 2.24) is 15.2 Å². The summed E-state index contributed by atoms with van der Waals surface area (Å²) in [5.74, 6) is -0.685. The maximum atomic E-state index is 13.7. The van der Waals surface area contributed by atoms with E-state index in [1.54, 1.807) is 7.11 Å². The summed E-state index contributed by atoms with van der Waals surface area (Å²) in [6.45, 7) is 6.39. The number of carbonyl (C=O) groups is 1. The molecule has 0 amide bonds. The second-order valence-corrected chi connectivity index (χ2v) is 16.4. The predicted octanol–water partition coefficient (Wildman–Crippen LogP) is 4.41. The average Bonchev–Trinajstić information content (AvgIpc) is 3.89. The van der Waals surface area contributed by atoms with Gasteiger partial charge >= 0.3 is 5.97 Å². The van der Waals surface area contributed by atoms with Crippen LogP contribution < -0.4 is 15.0 Å². The standard InChI is InChI=1S/C42H57N7O7/c1-6-39(53,25-44-19-15-26-24-45-31-14-9-8-12-27(26)31)16-10-13-28(34(50)56-5)29-22-30-32(23-33(29)55-4)48(3)36-41(30)18-21-49-20-11-17-40(7-2,35(41)49)37(51)42(36,54)38(52)46-47-43/h8-9,11-12,14,17,22-24,28,35-38,44-45,51-54H,6-7,10,13,15-16,18-21,25H2,1-5H3/t28-,35-,36+,37+,38?,39?,40+,41+,42-/m0/s1. The number of aromatic nitrogens is 1. The summed E-state index contributed by atoms with van der Waals surface area (Å²) in [6, 6.07) is 10.9. The van der Waals surface area contributed by atoms with Crippen LogP contribution in [0.5, 0.6) is 5.75 Å². The number of para-hydroxylation sites is 1. The quantitative estimate of drug-likeness (QED) is 0.0303. The Balaban J connectivity index is 1.18. The minimum absolute atomic E-state index is 0.270. The van der Waals surface area contributed by atoms with Gasteiger partial charge < -0.3 is 45.1 Å². The molecule has 1 aromatic heterocycles. The lowest BCUT2D eigenvalue weighted by molar-refractivity contribution is -0.235. The number of methoxy groups -OCH3 is 2. The third-order valence-electron chi connectivity index (χ3n) is 14.0. The summed E-state index contributed by atoms with van der Waals surface area (Å²) in [5, 5.41) is 56.3. The van der Waals surface area contributed by atoms with Crippen LogP contribution in [-0.4, -0.2) is 119 Å². The number of anilines is 1. The minimum atomic E-state index is -2.26. The highest BCUT2D eigenvalue weighted by Gasteiger charge is 2.78. The van der Waals surface area contributed by atoms with Crippen LogP contribution in [0.25, 0.3) is 21.3 Å². The van der Waals surface area contributed by atoms with E-state index in [0.717, 1.165) is 23.2 Å². The molecule has 56 heavy (non-hydrogen) atoms. The van der Waals surface area contributed by atoms with Gasteiger partial charge in [0.1, 0.15) is 11.4 Å². The number of nitrogens with zero attached hydrogens (tertiary/aromatic N) is 5. The highest BCUT2D eigenvalue weighted by atomic mass is 16.5. The number of carbonyl (C=O) groups excluding carboxylic acids is 1. The van der Waals surface area contributed by atoms with Gasteiger partial charge in [0, 0.05) is 76.3 Å². The Morgan fingerprint density at radius 2 is 2.02 bits per heavy atom. The van der Waals surface area contributed by atoms with E-state index in [2.05, 4.69) is 37.4 Å². The number of aliphatic hydroxyl groups is 4. The van der Waals surface area contributed by atoms with E-state index >= 15 is 0 Å². The smallest absolute Gasteiger partial charge is 0.313 e. The van der Waals surface area contributed by atoms with E-state index in [-0.39, 0.29) is 6.04 Å². The molecule has 3 aromatic rings. The number of fused-ring (bicyclic) bond motifs is 2. The van der Waals surface area contributed by atoms with Crippen molar-refractivity contribution >= 4 is 22.6 Å². The summed E-state index contributed by atoms with van der Waals surface area (Å²) in [6.07, 6.45) is 6.39. The molecule has 2 aromatic carbocycles. The van der Waals surface area contributed by atoms with Crippen LogP contribution in [0, 0.1) is 5.41 Å². The third kappa shape index (κ3) is 6.00. The number of nitrogens with one attached hydrogen (secondary N) is 2. The molecule has 0 radical (unpaired) electrons. The first-order valence-corrected chi connectivity index (χ1v) is 20.0. The van der Waals surface area contributed by atoms with Crippen molar-refractivity contribution < 1.29 is 34.7 Å². The first-order chi connectivity index (χ1) is 26.9. The summed E-state index contributed by atoms with van der Waals surface area (Å²) in [5.41, 5.74) is 8.93. The largest absolute Gasteiger partial charge is 0.496 e. The average molecular weight is 772 g/mol. The molecule has 3 aliphatic heterocycles. The molecule has 7 rings (SSSR count). The maximum Gasteiger partial charge on any atom is 0.313 e. The Kier molecular flexibility index (Phi) is 11.0. The van der Waals surface area contributed by atoms with Crippen LogP contribution in [0.2, 0.25) is 0 Å². The van der Waals surface area contributed by atoms with Gasteiger partial charge in [-0.1, -0.05) is 49.3 Å². The van der Waals surface area contributed by atoms with Gasteiger partial charge in [0.2, 0.25) is 0 Å². The molecular formula is C42H57N7O7. The summed E-state index contributed by atoms with van der Waals surface area (Å²) in [7, 11) is 4.74. The highest BCUT2D eigenvalue weighted by Crippen LogP contribution is 2.67. The molecule has 4 aliphatic rings. The van der Waals surface area contributed by atoms with Gasteiger partial charge in [0.15, 0.2) is 6.23 Å². The van der Waals surface area contributed by atoms with Crippen LogP contribution in [0.4, 0.5) is 5.69 Å². The summed E-state index contributed by atoms with van der Waals surface area (Å²) in [4.78, 5) is 24.1. The fourth-order valence-corrected chi connectivity index (χ4v) is 11.3. The number of aromatic amines is 1. The number of likely N-dealkylation sites (N-methyl/N-ethyl adjacent to an activating group) is 1. The number of H-pyrrole nitrogens is 1. The number of hydrogen-bond acceptors (Lipinski definition) is 11. The number of hydrogen-bond donors (Lipinski definition) is 6. The minimum Gasteiger partial charge on any atom is -0.496 e. The number of esters is 1. The predicted molar refractivity (Wildman–Crippen MR) is 214 cm³/mol. The number of rotatable bonds is 16. The van der Waals surface area contributed by atoms with Crippen molar-refractivity contribution in [2.75, 3.05) is 52.3 Å². The molecule has 4 heterocycles. The molecule has 2 unspecified atom stereocenters. The number of aliphatic hydroxyl groups excluding tert-OH is 2. The zero-order valence-corrected chi connectivity index (χ0v) is 33.1. The lowest BCUT2D eigenvalue weighted by Gasteiger charge is -2.64. The van der Waals surface area contributed by atoms with Gasteiger partial charge in [-0.15, -0.1) is 0 Å². The van der Waals surface area contributed by atoms with E-state index in [1.807, 2.05) is 68.4 Å². The molecule has 14 heteroatoms. The van der Waals surface area contributed by atoms with E-state index in [0.29, 0.717) is 76.0 Å². The molecule has 1 saturated carbocycles. The van der Waals surface area contributed by atoms with Crippen molar-refractivity contribution in [3.63, 3.8) is 0 Å². The molecule has 1 spiro atoms. The lowest BCUT2D eigenvalue weighted by Crippen LogP contribution is -2.81. The monoisotopic (exact) mass is 771 g/mol. The van der Waals surface area contributed by atoms with Crippen molar-refractivity contribution in [3.05, 3.63) is 81.9 Å². The normalized spacial score (nSPS) is 29.9. The Labute approximate surface area is 328 Å². The fourth-order valence-electron chi connectivity index (χ4n) is 11.3. The number of azide groups is 1. The van der Waals surface area contributed by atoms with Crippen LogP contribution in [-0.2, 0) is 21.4 Å². The molecule has 302 valence electrons. The van der Waals surface area contributed by atoms with Gasteiger partial charge in [0.05, 0.1) is 37.9 Å². The van der Waals surface area contributed by atoms with E-state index in [1.165, 1.54) is 18.1 Å². The van der Waals surface area contributed by atoms with Crippen LogP contribution in [0.3, 0.4) is 0 Å².